The lowest BCUT2D eigenvalue weighted by molar-refractivity contribution is -0.0328. The van der Waals surface area contributed by atoms with Crippen LogP contribution in [0.4, 0.5) is 17.6 Å². The largest absolute Gasteiger partial charge is 0.457 e. The fourth-order valence-electron chi connectivity index (χ4n) is 2.69. The van der Waals surface area contributed by atoms with Gasteiger partial charge in [0.2, 0.25) is 0 Å². The molecule has 4 nitrogen and oxygen atoms in total. The van der Waals surface area contributed by atoms with Crippen LogP contribution in [0.5, 0.6) is 11.5 Å². The number of alkyl halides is 3. The van der Waals surface area contributed by atoms with Crippen LogP contribution in [0.2, 0.25) is 0 Å². The molecule has 2 aromatic rings. The number of ether oxygens (including phenoxy) is 1. The van der Waals surface area contributed by atoms with Gasteiger partial charge in [-0.15, -0.1) is 0 Å². The molecule has 0 fully saturated rings. The van der Waals surface area contributed by atoms with E-state index >= 15 is 0 Å². The molecule has 0 aromatic heterocycles. The number of Topliss-reactive ketones (excluding diaryl/α,β-unsaturated/α-hetero) is 1. The Kier molecular flexibility index (Phi) is 4.64. The van der Waals surface area contributed by atoms with E-state index in [-0.39, 0.29) is 39.5 Å². The van der Waals surface area contributed by atoms with Crippen molar-refractivity contribution in [2.45, 2.75) is 22.9 Å². The average Bonchev–Trinajstić information content (AvgIpc) is 2.83. The maximum absolute atomic E-state index is 13.5. The lowest BCUT2D eigenvalue weighted by Crippen LogP contribution is -2.04. The fourth-order valence-corrected chi connectivity index (χ4v) is 3.40. The van der Waals surface area contributed by atoms with Crippen LogP contribution in [-0.4, -0.2) is 16.4 Å². The molecule has 9 heteroatoms. The van der Waals surface area contributed by atoms with Gasteiger partial charge in [-0.2, -0.15) is 18.4 Å². The lowest BCUT2D eigenvalue weighted by Gasteiger charge is -2.15. The number of hydrogen-bond acceptors (Lipinski definition) is 5. The number of halogens is 4. The molecular weight excluding hydrogens is 374 g/mol. The second-order valence-electron chi connectivity index (χ2n) is 5.43. The standard InChI is InChI=1S/C17H9F4NO3S/c18-9-3-8(7-22)4-10(5-9)25-13-1-2-14(26-17(19,20)21)16-12(24)6-11(23)15(13)16/h1-5,11,23H,6H2/t11-/m1/s1. The first-order valence-corrected chi connectivity index (χ1v) is 8.02. The van der Waals surface area contributed by atoms with Gasteiger partial charge in [-0.1, -0.05) is 0 Å². The molecule has 0 unspecified atom stereocenters. The van der Waals surface area contributed by atoms with Crippen LogP contribution in [-0.2, 0) is 0 Å². The Morgan fingerprint density at radius 1 is 1.27 bits per heavy atom. The first kappa shape index (κ1) is 18.2. The number of rotatable bonds is 3. The molecule has 1 N–H and O–H groups in total. The van der Waals surface area contributed by atoms with E-state index in [1.54, 1.807) is 6.07 Å². The molecule has 0 aliphatic heterocycles. The highest BCUT2D eigenvalue weighted by molar-refractivity contribution is 8.00. The Labute approximate surface area is 149 Å². The summed E-state index contributed by atoms with van der Waals surface area (Å²) in [6.45, 7) is 0. The second kappa shape index (κ2) is 6.63. The molecule has 0 spiro atoms. The summed E-state index contributed by atoms with van der Waals surface area (Å²) in [6, 6.07) is 7.18. The van der Waals surface area contributed by atoms with E-state index in [4.69, 9.17) is 10.00 Å². The van der Waals surface area contributed by atoms with Crippen molar-refractivity contribution in [2.75, 3.05) is 0 Å². The molecule has 1 aliphatic rings. The Hall–Kier alpha value is -2.57. The Morgan fingerprint density at radius 3 is 2.65 bits per heavy atom. The predicted octanol–water partition coefficient (Wildman–Crippen LogP) is 4.72. The molecule has 0 heterocycles. The minimum atomic E-state index is -4.60. The normalized spacial score (nSPS) is 16.3. The molecule has 1 aliphatic carbocycles. The zero-order valence-electron chi connectivity index (χ0n) is 12.8. The molecule has 0 amide bonds. The van der Waals surface area contributed by atoms with Gasteiger partial charge in [0.05, 0.1) is 17.7 Å². The van der Waals surface area contributed by atoms with Gasteiger partial charge in [-0.05, 0) is 36.0 Å². The van der Waals surface area contributed by atoms with Gasteiger partial charge in [0.1, 0.15) is 17.3 Å². The van der Waals surface area contributed by atoms with Crippen LogP contribution in [0.15, 0.2) is 35.2 Å². The van der Waals surface area contributed by atoms with Gasteiger partial charge >= 0.3 is 5.51 Å². The highest BCUT2D eigenvalue weighted by Gasteiger charge is 2.38. The third-order valence-electron chi connectivity index (χ3n) is 3.61. The summed E-state index contributed by atoms with van der Waals surface area (Å²) in [6.07, 6.45) is -1.70. The van der Waals surface area contributed by atoms with Crippen molar-refractivity contribution in [3.63, 3.8) is 0 Å². The predicted molar refractivity (Wildman–Crippen MR) is 83.5 cm³/mol. The Morgan fingerprint density at radius 2 is 2.00 bits per heavy atom. The first-order chi connectivity index (χ1) is 12.2. The quantitative estimate of drug-likeness (QED) is 0.613. The summed E-state index contributed by atoms with van der Waals surface area (Å²) in [5.41, 5.74) is -4.95. The van der Waals surface area contributed by atoms with Gasteiger partial charge in [0.15, 0.2) is 5.78 Å². The van der Waals surface area contributed by atoms with Gasteiger partial charge in [-0.3, -0.25) is 4.79 Å². The summed E-state index contributed by atoms with van der Waals surface area (Å²) in [5, 5.41) is 18.9. The third-order valence-corrected chi connectivity index (χ3v) is 4.40. The molecule has 0 bridgehead atoms. The van der Waals surface area contributed by atoms with Gasteiger partial charge < -0.3 is 9.84 Å². The van der Waals surface area contributed by atoms with Gasteiger partial charge in [0, 0.05) is 28.5 Å². The molecule has 3 rings (SSSR count). The first-order valence-electron chi connectivity index (χ1n) is 7.20. The maximum Gasteiger partial charge on any atom is 0.446 e. The number of nitriles is 1. The Bertz CT molecular complexity index is 937. The number of aliphatic hydroxyl groups is 1. The highest BCUT2D eigenvalue weighted by Crippen LogP contribution is 2.47. The van der Waals surface area contributed by atoms with Crippen LogP contribution < -0.4 is 4.74 Å². The Balaban J connectivity index is 2.06. The van der Waals surface area contributed by atoms with Gasteiger partial charge in [0.25, 0.3) is 0 Å². The molecule has 1 atom stereocenters. The van der Waals surface area contributed by atoms with Crippen molar-refractivity contribution < 1.29 is 32.2 Å². The molecule has 2 aromatic carbocycles. The van der Waals surface area contributed by atoms with Crippen LogP contribution >= 0.6 is 11.8 Å². The van der Waals surface area contributed by atoms with Gasteiger partial charge in [-0.25, -0.2) is 4.39 Å². The van der Waals surface area contributed by atoms with Crippen molar-refractivity contribution in [1.29, 1.82) is 5.26 Å². The fraction of sp³-hybridized carbons (Fsp3) is 0.176. The van der Waals surface area contributed by atoms with Crippen LogP contribution in [0.25, 0.3) is 0 Å². The van der Waals surface area contributed by atoms with E-state index in [2.05, 4.69) is 0 Å². The average molecular weight is 383 g/mol. The third kappa shape index (κ3) is 3.66. The number of nitrogens with zero attached hydrogens (tertiary/aromatic N) is 1. The lowest BCUT2D eigenvalue weighted by atomic mass is 10.1. The topological polar surface area (TPSA) is 70.3 Å². The number of fused-ring (bicyclic) bond motifs is 1. The highest BCUT2D eigenvalue weighted by atomic mass is 32.2. The molecular formula is C17H9F4NO3S. The molecule has 0 saturated heterocycles. The zero-order chi connectivity index (χ0) is 19.1. The summed E-state index contributed by atoms with van der Waals surface area (Å²) >= 11 is -0.455. The summed E-state index contributed by atoms with van der Waals surface area (Å²) in [7, 11) is 0. The van der Waals surface area contributed by atoms with Crippen molar-refractivity contribution in [3.8, 4) is 17.6 Å². The van der Waals surface area contributed by atoms with E-state index in [1.807, 2.05) is 0 Å². The zero-order valence-corrected chi connectivity index (χ0v) is 13.6. The van der Waals surface area contributed by atoms with Crippen LogP contribution in [0, 0.1) is 17.1 Å². The van der Waals surface area contributed by atoms with Crippen LogP contribution in [0.1, 0.15) is 34.0 Å². The maximum atomic E-state index is 13.5. The van der Waals surface area contributed by atoms with E-state index in [0.717, 1.165) is 18.2 Å². The monoisotopic (exact) mass is 383 g/mol. The van der Waals surface area contributed by atoms with Crippen molar-refractivity contribution in [2.24, 2.45) is 0 Å². The summed E-state index contributed by atoms with van der Waals surface area (Å²) < 4.78 is 57.1. The SMILES string of the molecule is N#Cc1cc(F)cc(Oc2ccc(SC(F)(F)F)c3c2[C@H](O)CC3=O)c1. The number of hydrogen-bond donors (Lipinski definition) is 1. The minimum Gasteiger partial charge on any atom is -0.457 e. The number of thioether (sulfide) groups is 1. The molecule has 0 radical (unpaired) electrons. The minimum absolute atomic E-state index is 0.0162. The number of carbonyl (C=O) groups excluding carboxylic acids is 1. The molecule has 0 saturated carbocycles. The van der Waals surface area contributed by atoms with E-state index in [1.165, 1.54) is 12.1 Å². The van der Waals surface area contributed by atoms with E-state index < -0.39 is 35.0 Å². The summed E-state index contributed by atoms with van der Waals surface area (Å²) in [5.74, 6) is -1.52. The van der Waals surface area contributed by atoms with E-state index in [9.17, 15) is 27.5 Å². The second-order valence-corrected chi connectivity index (χ2v) is 6.54. The van der Waals surface area contributed by atoms with Crippen molar-refractivity contribution >= 4 is 17.5 Å². The van der Waals surface area contributed by atoms with Crippen molar-refractivity contribution in [1.82, 2.24) is 0 Å². The number of carbonyl (C=O) groups is 1. The van der Waals surface area contributed by atoms with Crippen molar-refractivity contribution in [3.05, 3.63) is 52.8 Å². The smallest absolute Gasteiger partial charge is 0.446 e. The number of ketones is 1. The number of aliphatic hydroxyl groups excluding tert-OH is 1. The molecule has 26 heavy (non-hydrogen) atoms. The number of benzene rings is 2. The summed E-state index contributed by atoms with van der Waals surface area (Å²) in [4.78, 5) is 11.7. The van der Waals surface area contributed by atoms with E-state index in [0.29, 0.717) is 0 Å². The van der Waals surface area contributed by atoms with Crippen LogP contribution in [0.3, 0.4) is 0 Å². The molecule has 134 valence electrons.